The Kier molecular flexibility index (Phi) is 6.50. The maximum Gasteiger partial charge on any atom is 0.227 e. The first-order valence-electron chi connectivity index (χ1n) is 6.77. The lowest BCUT2D eigenvalue weighted by Crippen LogP contribution is -2.42. The molecular weight excluding hydrogens is 245 g/mol. The maximum atomic E-state index is 13.5. The maximum absolute atomic E-state index is 13.5. The number of carbonyl (C=O) groups excluding carboxylic acids is 1. The zero-order chi connectivity index (χ0) is 14.3. The number of carbonyl (C=O) groups is 1. The van der Waals surface area contributed by atoms with Gasteiger partial charge in [0, 0.05) is 12.6 Å². The minimum Gasteiger partial charge on any atom is -0.395 e. The Morgan fingerprint density at radius 2 is 1.95 bits per heavy atom. The summed E-state index contributed by atoms with van der Waals surface area (Å²) >= 11 is 0. The van der Waals surface area contributed by atoms with Gasteiger partial charge in [-0.2, -0.15) is 0 Å². The molecule has 1 aromatic carbocycles. The van der Waals surface area contributed by atoms with E-state index in [0.717, 1.165) is 12.8 Å². The average Bonchev–Trinajstić information content (AvgIpc) is 2.41. The number of rotatable bonds is 7. The molecule has 19 heavy (non-hydrogen) atoms. The highest BCUT2D eigenvalue weighted by atomic mass is 19.1. The second-order valence-corrected chi connectivity index (χ2v) is 4.55. The molecule has 1 amide bonds. The smallest absolute Gasteiger partial charge is 0.227 e. The molecule has 0 heterocycles. The minimum atomic E-state index is -0.357. The molecule has 4 heteroatoms. The fourth-order valence-corrected chi connectivity index (χ4v) is 2.25. The van der Waals surface area contributed by atoms with Crippen LogP contribution in [0.2, 0.25) is 0 Å². The van der Waals surface area contributed by atoms with Crippen LogP contribution < -0.4 is 0 Å². The first-order valence-corrected chi connectivity index (χ1v) is 6.77. The van der Waals surface area contributed by atoms with Gasteiger partial charge in [0.2, 0.25) is 5.91 Å². The molecule has 3 nitrogen and oxygen atoms in total. The van der Waals surface area contributed by atoms with E-state index in [1.165, 1.54) is 6.07 Å². The van der Waals surface area contributed by atoms with Crippen molar-refractivity contribution in [3.05, 3.63) is 35.6 Å². The number of benzene rings is 1. The van der Waals surface area contributed by atoms with Crippen molar-refractivity contribution < 1.29 is 14.3 Å². The number of aliphatic hydroxyl groups excluding tert-OH is 1. The van der Waals surface area contributed by atoms with Crippen LogP contribution in [-0.2, 0) is 11.2 Å². The number of nitrogens with zero attached hydrogens (tertiary/aromatic N) is 1. The van der Waals surface area contributed by atoms with Crippen molar-refractivity contribution >= 4 is 5.91 Å². The summed E-state index contributed by atoms with van der Waals surface area (Å²) in [7, 11) is 0. The molecule has 0 bridgehead atoms. The van der Waals surface area contributed by atoms with Gasteiger partial charge in [0.05, 0.1) is 13.0 Å². The molecular formula is C15H22FNO2. The van der Waals surface area contributed by atoms with E-state index < -0.39 is 0 Å². The van der Waals surface area contributed by atoms with E-state index in [4.69, 9.17) is 5.11 Å². The van der Waals surface area contributed by atoms with Gasteiger partial charge in [0.15, 0.2) is 0 Å². The van der Waals surface area contributed by atoms with Crippen molar-refractivity contribution in [2.45, 2.75) is 39.2 Å². The number of hydrogen-bond acceptors (Lipinski definition) is 2. The molecule has 0 aliphatic rings. The third-order valence-electron chi connectivity index (χ3n) is 3.34. The summed E-state index contributed by atoms with van der Waals surface area (Å²) < 4.78 is 13.5. The molecule has 0 radical (unpaired) electrons. The molecule has 0 fully saturated rings. The van der Waals surface area contributed by atoms with Gasteiger partial charge in [-0.1, -0.05) is 32.0 Å². The fourth-order valence-electron chi connectivity index (χ4n) is 2.25. The average molecular weight is 267 g/mol. The summed E-state index contributed by atoms with van der Waals surface area (Å²) in [5.41, 5.74) is 0.404. The lowest BCUT2D eigenvalue weighted by molar-refractivity contribution is -0.133. The zero-order valence-electron chi connectivity index (χ0n) is 11.6. The Morgan fingerprint density at radius 1 is 1.32 bits per heavy atom. The summed E-state index contributed by atoms with van der Waals surface area (Å²) in [6, 6.07) is 6.41. The predicted molar refractivity (Wildman–Crippen MR) is 73.3 cm³/mol. The van der Waals surface area contributed by atoms with Crippen LogP contribution in [0.25, 0.3) is 0 Å². The molecule has 1 aromatic rings. The summed E-state index contributed by atoms with van der Waals surface area (Å²) in [5, 5.41) is 9.08. The molecule has 1 rings (SSSR count). The highest BCUT2D eigenvalue weighted by Crippen LogP contribution is 2.13. The van der Waals surface area contributed by atoms with E-state index in [9.17, 15) is 9.18 Å². The molecule has 0 saturated carbocycles. The number of hydrogen-bond donors (Lipinski definition) is 1. The predicted octanol–water partition coefficient (Wildman–Crippen LogP) is 2.38. The van der Waals surface area contributed by atoms with Crippen molar-refractivity contribution in [1.82, 2.24) is 4.90 Å². The molecule has 106 valence electrons. The van der Waals surface area contributed by atoms with Crippen LogP contribution in [0.5, 0.6) is 0 Å². The lowest BCUT2D eigenvalue weighted by atomic mass is 10.1. The first-order chi connectivity index (χ1) is 9.13. The number of amides is 1. The van der Waals surface area contributed by atoms with Gasteiger partial charge < -0.3 is 10.0 Å². The van der Waals surface area contributed by atoms with Gasteiger partial charge in [-0.05, 0) is 24.5 Å². The summed E-state index contributed by atoms with van der Waals surface area (Å²) in [6.45, 7) is 4.25. The third kappa shape index (κ3) is 4.31. The Labute approximate surface area is 114 Å². The Bertz CT molecular complexity index is 405. The number of halogens is 1. The van der Waals surface area contributed by atoms with Crippen molar-refractivity contribution in [1.29, 1.82) is 0 Å². The van der Waals surface area contributed by atoms with Crippen LogP contribution in [0.4, 0.5) is 4.39 Å². The second-order valence-electron chi connectivity index (χ2n) is 4.55. The largest absolute Gasteiger partial charge is 0.395 e. The molecule has 0 aliphatic heterocycles. The van der Waals surface area contributed by atoms with Gasteiger partial charge in [-0.3, -0.25) is 4.79 Å². The van der Waals surface area contributed by atoms with Crippen molar-refractivity contribution in [2.24, 2.45) is 0 Å². The van der Waals surface area contributed by atoms with E-state index in [2.05, 4.69) is 0 Å². The van der Waals surface area contributed by atoms with E-state index in [0.29, 0.717) is 12.1 Å². The zero-order valence-corrected chi connectivity index (χ0v) is 11.6. The van der Waals surface area contributed by atoms with Crippen LogP contribution in [0.3, 0.4) is 0 Å². The lowest BCUT2D eigenvalue weighted by Gasteiger charge is -2.30. The first kappa shape index (κ1) is 15.6. The number of aliphatic hydroxyl groups is 1. The quantitative estimate of drug-likeness (QED) is 0.824. The Morgan fingerprint density at radius 3 is 2.47 bits per heavy atom. The van der Waals surface area contributed by atoms with E-state index >= 15 is 0 Å². The standard InChI is InChI=1S/C15H22FNO2/c1-3-13(4-2)17(9-10-18)15(19)11-12-7-5-6-8-14(12)16/h5-8,13,18H,3-4,9-11H2,1-2H3. The van der Waals surface area contributed by atoms with Gasteiger partial charge in [0.1, 0.15) is 5.82 Å². The minimum absolute atomic E-state index is 0.0448. The fraction of sp³-hybridized carbons (Fsp3) is 0.533. The van der Waals surface area contributed by atoms with Crippen LogP contribution in [0, 0.1) is 5.82 Å². The van der Waals surface area contributed by atoms with E-state index in [1.807, 2.05) is 13.8 Å². The second kappa shape index (κ2) is 7.89. The van der Waals surface area contributed by atoms with Crippen molar-refractivity contribution in [3.63, 3.8) is 0 Å². The summed E-state index contributed by atoms with van der Waals surface area (Å²) in [4.78, 5) is 13.9. The van der Waals surface area contributed by atoms with Gasteiger partial charge >= 0.3 is 0 Å². The topological polar surface area (TPSA) is 40.5 Å². The van der Waals surface area contributed by atoms with E-state index in [1.54, 1.807) is 23.1 Å². The normalized spacial score (nSPS) is 10.8. The monoisotopic (exact) mass is 267 g/mol. The van der Waals surface area contributed by atoms with Crippen molar-refractivity contribution in [2.75, 3.05) is 13.2 Å². The molecule has 0 spiro atoms. The summed E-state index contributed by atoms with van der Waals surface area (Å²) in [5.74, 6) is -0.489. The molecule has 0 atom stereocenters. The third-order valence-corrected chi connectivity index (χ3v) is 3.34. The molecule has 0 saturated heterocycles. The summed E-state index contributed by atoms with van der Waals surface area (Å²) in [6.07, 6.45) is 1.71. The molecule has 0 aliphatic carbocycles. The molecule has 1 N–H and O–H groups in total. The van der Waals surface area contributed by atoms with Gasteiger partial charge in [-0.25, -0.2) is 4.39 Å². The van der Waals surface area contributed by atoms with Crippen LogP contribution in [-0.4, -0.2) is 35.1 Å². The van der Waals surface area contributed by atoms with Crippen LogP contribution in [0.15, 0.2) is 24.3 Å². The van der Waals surface area contributed by atoms with Crippen LogP contribution in [0.1, 0.15) is 32.3 Å². The Hall–Kier alpha value is -1.42. The Balaban J connectivity index is 2.80. The molecule has 0 aromatic heterocycles. The SMILES string of the molecule is CCC(CC)N(CCO)C(=O)Cc1ccccc1F. The van der Waals surface area contributed by atoms with E-state index in [-0.39, 0.29) is 30.8 Å². The molecule has 0 unspecified atom stereocenters. The highest BCUT2D eigenvalue weighted by molar-refractivity contribution is 5.79. The van der Waals surface area contributed by atoms with Crippen LogP contribution >= 0.6 is 0 Å². The van der Waals surface area contributed by atoms with Gasteiger partial charge in [-0.15, -0.1) is 0 Å². The highest BCUT2D eigenvalue weighted by Gasteiger charge is 2.21. The van der Waals surface area contributed by atoms with Gasteiger partial charge in [0.25, 0.3) is 0 Å². The van der Waals surface area contributed by atoms with Crippen molar-refractivity contribution in [3.8, 4) is 0 Å².